The number of halogens is 1. The zero-order chi connectivity index (χ0) is 7.40. The van der Waals surface area contributed by atoms with Gasteiger partial charge in [0.1, 0.15) is 0 Å². The molecule has 0 amide bonds. The molecule has 1 heterocycles. The third-order valence-electron chi connectivity index (χ3n) is 1.29. The Morgan fingerprint density at radius 1 is 1.70 bits per heavy atom. The first-order valence-corrected chi connectivity index (χ1v) is 3.97. The van der Waals surface area contributed by atoms with E-state index in [4.69, 9.17) is 11.6 Å². The largest absolute Gasteiger partial charge is 0.272 e. The number of hydrogen-bond donors (Lipinski definition) is 0. The summed E-state index contributed by atoms with van der Waals surface area (Å²) in [6, 6.07) is 0. The standard InChI is InChI=1S/C7H11ClN2/c1-2-3-10-6-7(4-8)5-9-10/h5-6H,2-4H2,1H3. The van der Waals surface area contributed by atoms with Crippen LogP contribution < -0.4 is 0 Å². The second-order valence-corrected chi connectivity index (χ2v) is 2.51. The van der Waals surface area contributed by atoms with E-state index >= 15 is 0 Å². The highest BCUT2D eigenvalue weighted by Crippen LogP contribution is 2.01. The number of hydrogen-bond acceptors (Lipinski definition) is 1. The van der Waals surface area contributed by atoms with Crippen LogP contribution in [-0.2, 0) is 12.4 Å². The maximum Gasteiger partial charge on any atom is 0.0533 e. The molecule has 2 nitrogen and oxygen atoms in total. The van der Waals surface area contributed by atoms with E-state index in [2.05, 4.69) is 12.0 Å². The minimum absolute atomic E-state index is 0.559. The van der Waals surface area contributed by atoms with E-state index in [-0.39, 0.29) is 0 Å². The molecule has 0 bridgehead atoms. The van der Waals surface area contributed by atoms with Crippen LogP contribution in [0.25, 0.3) is 0 Å². The first kappa shape index (κ1) is 7.61. The maximum absolute atomic E-state index is 5.59. The third kappa shape index (κ3) is 1.74. The van der Waals surface area contributed by atoms with Gasteiger partial charge in [0.25, 0.3) is 0 Å². The van der Waals surface area contributed by atoms with Crippen molar-refractivity contribution in [3.05, 3.63) is 18.0 Å². The van der Waals surface area contributed by atoms with Gasteiger partial charge in [0, 0.05) is 18.3 Å². The first-order valence-electron chi connectivity index (χ1n) is 3.44. The van der Waals surface area contributed by atoms with Gasteiger partial charge in [-0.2, -0.15) is 5.10 Å². The summed E-state index contributed by atoms with van der Waals surface area (Å²) >= 11 is 5.59. The molecule has 3 heteroatoms. The van der Waals surface area contributed by atoms with Crippen LogP contribution in [0.15, 0.2) is 12.4 Å². The van der Waals surface area contributed by atoms with Crippen LogP contribution >= 0.6 is 11.6 Å². The van der Waals surface area contributed by atoms with Crippen molar-refractivity contribution in [3.63, 3.8) is 0 Å². The molecule has 0 aliphatic rings. The van der Waals surface area contributed by atoms with Crippen LogP contribution in [-0.4, -0.2) is 9.78 Å². The summed E-state index contributed by atoms with van der Waals surface area (Å²) in [4.78, 5) is 0. The quantitative estimate of drug-likeness (QED) is 0.616. The average molecular weight is 159 g/mol. The fourth-order valence-corrected chi connectivity index (χ4v) is 0.965. The summed E-state index contributed by atoms with van der Waals surface area (Å²) in [6.45, 7) is 3.11. The number of aromatic nitrogens is 2. The van der Waals surface area contributed by atoms with Crippen molar-refractivity contribution in [2.24, 2.45) is 0 Å². The fourth-order valence-electron chi connectivity index (χ4n) is 0.827. The average Bonchev–Trinajstić information content (AvgIpc) is 2.37. The highest BCUT2D eigenvalue weighted by atomic mass is 35.5. The molecule has 0 N–H and O–H groups in total. The van der Waals surface area contributed by atoms with Crippen molar-refractivity contribution >= 4 is 11.6 Å². The summed E-state index contributed by atoms with van der Waals surface area (Å²) < 4.78 is 1.91. The van der Waals surface area contributed by atoms with Crippen molar-refractivity contribution in [1.29, 1.82) is 0 Å². The SMILES string of the molecule is CCCn1cc(CCl)cn1. The number of nitrogens with zero attached hydrogens (tertiary/aromatic N) is 2. The molecule has 0 atom stereocenters. The molecule has 1 aromatic rings. The zero-order valence-electron chi connectivity index (χ0n) is 6.05. The lowest BCUT2D eigenvalue weighted by molar-refractivity contribution is 0.602. The van der Waals surface area contributed by atoms with Crippen molar-refractivity contribution in [1.82, 2.24) is 9.78 Å². The number of rotatable bonds is 3. The van der Waals surface area contributed by atoms with E-state index in [1.807, 2.05) is 17.1 Å². The predicted molar refractivity (Wildman–Crippen MR) is 42.1 cm³/mol. The summed E-state index contributed by atoms with van der Waals surface area (Å²) in [6.07, 6.45) is 4.91. The molecular weight excluding hydrogens is 148 g/mol. The Morgan fingerprint density at radius 2 is 2.50 bits per heavy atom. The van der Waals surface area contributed by atoms with Gasteiger partial charge in [0.05, 0.1) is 12.1 Å². The molecule has 0 unspecified atom stereocenters. The van der Waals surface area contributed by atoms with E-state index in [1.54, 1.807) is 0 Å². The van der Waals surface area contributed by atoms with Crippen LogP contribution in [0.1, 0.15) is 18.9 Å². The van der Waals surface area contributed by atoms with Crippen molar-refractivity contribution in [2.45, 2.75) is 25.8 Å². The van der Waals surface area contributed by atoms with Crippen molar-refractivity contribution in [3.8, 4) is 0 Å². The number of alkyl halides is 1. The summed E-state index contributed by atoms with van der Waals surface area (Å²) in [5.74, 6) is 0.559. The van der Waals surface area contributed by atoms with E-state index in [0.717, 1.165) is 18.5 Å². The lowest BCUT2D eigenvalue weighted by Gasteiger charge is -1.93. The van der Waals surface area contributed by atoms with Crippen LogP contribution in [0.5, 0.6) is 0 Å². The van der Waals surface area contributed by atoms with Gasteiger partial charge in [-0.15, -0.1) is 11.6 Å². The first-order chi connectivity index (χ1) is 4.86. The van der Waals surface area contributed by atoms with Gasteiger partial charge in [-0.1, -0.05) is 6.92 Å². The molecule has 0 spiro atoms. The van der Waals surface area contributed by atoms with Gasteiger partial charge in [-0.3, -0.25) is 4.68 Å². The van der Waals surface area contributed by atoms with Gasteiger partial charge < -0.3 is 0 Å². The summed E-state index contributed by atoms with van der Waals surface area (Å²) in [7, 11) is 0. The molecule has 1 rings (SSSR count). The van der Waals surface area contributed by atoms with Gasteiger partial charge in [0.2, 0.25) is 0 Å². The molecule has 0 aliphatic heterocycles. The normalized spacial score (nSPS) is 10.2. The van der Waals surface area contributed by atoms with E-state index in [0.29, 0.717) is 5.88 Å². The molecule has 56 valence electrons. The van der Waals surface area contributed by atoms with Gasteiger partial charge in [-0.05, 0) is 6.42 Å². The maximum atomic E-state index is 5.59. The fraction of sp³-hybridized carbons (Fsp3) is 0.571. The van der Waals surface area contributed by atoms with Crippen LogP contribution in [0, 0.1) is 0 Å². The van der Waals surface area contributed by atoms with E-state index < -0.39 is 0 Å². The minimum Gasteiger partial charge on any atom is -0.272 e. The predicted octanol–water partition coefficient (Wildman–Crippen LogP) is 2.03. The summed E-state index contributed by atoms with van der Waals surface area (Å²) in [5, 5.41) is 4.11. The number of aryl methyl sites for hydroxylation is 1. The summed E-state index contributed by atoms with van der Waals surface area (Å²) in [5.41, 5.74) is 1.09. The van der Waals surface area contributed by atoms with Gasteiger partial charge in [-0.25, -0.2) is 0 Å². The molecule has 1 aromatic heterocycles. The monoisotopic (exact) mass is 158 g/mol. The molecular formula is C7H11ClN2. The minimum atomic E-state index is 0.559. The molecule has 0 radical (unpaired) electrons. The second-order valence-electron chi connectivity index (χ2n) is 2.25. The topological polar surface area (TPSA) is 17.8 Å². The lowest BCUT2D eigenvalue weighted by atomic mass is 10.4. The van der Waals surface area contributed by atoms with Gasteiger partial charge in [0.15, 0.2) is 0 Å². The second kappa shape index (κ2) is 3.62. The molecule has 0 aromatic carbocycles. The smallest absolute Gasteiger partial charge is 0.0533 e. The molecule has 10 heavy (non-hydrogen) atoms. The lowest BCUT2D eigenvalue weighted by Crippen LogP contribution is -1.95. The van der Waals surface area contributed by atoms with Crippen LogP contribution in [0.4, 0.5) is 0 Å². The molecule has 0 aliphatic carbocycles. The molecule has 0 saturated carbocycles. The Labute approximate surface area is 65.8 Å². The van der Waals surface area contributed by atoms with Crippen LogP contribution in [0.2, 0.25) is 0 Å². The Hall–Kier alpha value is -0.500. The molecule has 0 fully saturated rings. The Balaban J connectivity index is 2.59. The van der Waals surface area contributed by atoms with E-state index in [1.165, 1.54) is 0 Å². The Bertz CT molecular complexity index is 195. The van der Waals surface area contributed by atoms with E-state index in [9.17, 15) is 0 Å². The van der Waals surface area contributed by atoms with Crippen molar-refractivity contribution in [2.75, 3.05) is 0 Å². The van der Waals surface area contributed by atoms with Gasteiger partial charge >= 0.3 is 0 Å². The zero-order valence-corrected chi connectivity index (χ0v) is 6.80. The highest BCUT2D eigenvalue weighted by Gasteiger charge is 1.93. The Morgan fingerprint density at radius 3 is 3.00 bits per heavy atom. The third-order valence-corrected chi connectivity index (χ3v) is 1.60. The Kier molecular flexibility index (Phi) is 2.75. The van der Waals surface area contributed by atoms with Crippen molar-refractivity contribution < 1.29 is 0 Å². The highest BCUT2D eigenvalue weighted by molar-refractivity contribution is 6.17. The van der Waals surface area contributed by atoms with Crippen LogP contribution in [0.3, 0.4) is 0 Å². The molecule has 0 saturated heterocycles.